The molecule has 0 saturated carbocycles. The maximum atomic E-state index is 7.02. The third kappa shape index (κ3) is 1.30. The Bertz CT molecular complexity index is 242. The first-order chi connectivity index (χ1) is 4.74. The van der Waals surface area contributed by atoms with E-state index in [9.17, 15) is 0 Å². The number of nitrogens with one attached hydrogen (secondary N) is 1. The maximum absolute atomic E-state index is 7.02. The summed E-state index contributed by atoms with van der Waals surface area (Å²) in [5.41, 5.74) is 5.70. The van der Waals surface area contributed by atoms with Gasteiger partial charge in [0.15, 0.2) is 0 Å². The minimum atomic E-state index is 0.00722. The summed E-state index contributed by atoms with van der Waals surface area (Å²) < 4.78 is 1.65. The van der Waals surface area contributed by atoms with E-state index in [-0.39, 0.29) is 5.84 Å². The lowest BCUT2D eigenvalue weighted by molar-refractivity contribution is 1.00. The number of rotatable bonds is 2. The van der Waals surface area contributed by atoms with E-state index in [2.05, 4.69) is 5.10 Å². The molecule has 0 fully saturated rings. The van der Waals surface area contributed by atoms with E-state index in [0.717, 1.165) is 0 Å². The zero-order valence-corrected chi connectivity index (χ0v) is 6.35. The Morgan fingerprint density at radius 2 is 2.60 bits per heavy atom. The van der Waals surface area contributed by atoms with Crippen molar-refractivity contribution in [2.75, 3.05) is 6.26 Å². The molecule has 0 radical (unpaired) electrons. The second kappa shape index (κ2) is 2.74. The van der Waals surface area contributed by atoms with Crippen LogP contribution in [0.1, 0.15) is 5.69 Å². The van der Waals surface area contributed by atoms with Crippen LogP contribution in [0.2, 0.25) is 0 Å². The minimum Gasteiger partial charge on any atom is -0.382 e. The van der Waals surface area contributed by atoms with Crippen LogP contribution < -0.4 is 5.73 Å². The van der Waals surface area contributed by atoms with Crippen LogP contribution in [0.5, 0.6) is 0 Å². The number of nitrogens with two attached hydrogens (primary N) is 1. The van der Waals surface area contributed by atoms with E-state index < -0.39 is 0 Å². The summed E-state index contributed by atoms with van der Waals surface area (Å²) in [5.74, 6) is 0.00722. The van der Waals surface area contributed by atoms with Gasteiger partial charge in [-0.1, -0.05) is 0 Å². The van der Waals surface area contributed by atoms with Crippen LogP contribution in [0.15, 0.2) is 12.3 Å². The average Bonchev–Trinajstić information content (AvgIpc) is 2.34. The van der Waals surface area contributed by atoms with Crippen LogP contribution in [-0.2, 0) is 0 Å². The van der Waals surface area contributed by atoms with Gasteiger partial charge in [-0.25, -0.2) is 4.09 Å². The van der Waals surface area contributed by atoms with E-state index >= 15 is 0 Å². The van der Waals surface area contributed by atoms with E-state index in [0.29, 0.717) is 5.69 Å². The van der Waals surface area contributed by atoms with Gasteiger partial charge in [0, 0.05) is 12.5 Å². The average molecular weight is 156 g/mol. The molecule has 0 bridgehead atoms. The molecule has 1 aromatic rings. The summed E-state index contributed by atoms with van der Waals surface area (Å²) in [4.78, 5) is 0. The quantitative estimate of drug-likeness (QED) is 0.478. The van der Waals surface area contributed by atoms with Crippen LogP contribution in [0.4, 0.5) is 0 Å². The van der Waals surface area contributed by atoms with E-state index in [1.807, 2.05) is 6.26 Å². The van der Waals surface area contributed by atoms with Crippen LogP contribution in [0.25, 0.3) is 0 Å². The molecular formula is C5H8N4S. The van der Waals surface area contributed by atoms with Crippen molar-refractivity contribution in [3.8, 4) is 0 Å². The fourth-order valence-electron chi connectivity index (χ4n) is 0.553. The van der Waals surface area contributed by atoms with Crippen LogP contribution in [0, 0.1) is 5.41 Å². The first-order valence-electron chi connectivity index (χ1n) is 2.68. The molecule has 0 amide bonds. The first kappa shape index (κ1) is 7.14. The molecule has 5 heteroatoms. The van der Waals surface area contributed by atoms with Crippen molar-refractivity contribution in [3.63, 3.8) is 0 Å². The minimum absolute atomic E-state index is 0.00722. The van der Waals surface area contributed by atoms with Gasteiger partial charge in [-0.2, -0.15) is 5.10 Å². The molecule has 54 valence electrons. The highest BCUT2D eigenvalue weighted by Gasteiger charge is 1.98. The third-order valence-electron chi connectivity index (χ3n) is 1.03. The molecule has 10 heavy (non-hydrogen) atoms. The molecule has 0 saturated heterocycles. The number of nitrogen functional groups attached to an aromatic ring is 1. The summed E-state index contributed by atoms with van der Waals surface area (Å²) in [7, 11) is 0. The summed E-state index contributed by atoms with van der Waals surface area (Å²) in [5, 5.41) is 11.0. The fraction of sp³-hybridized carbons (Fsp3) is 0.200. The van der Waals surface area contributed by atoms with Crippen LogP contribution >= 0.6 is 11.9 Å². The Hall–Kier alpha value is -0.970. The largest absolute Gasteiger partial charge is 0.382 e. The summed E-state index contributed by atoms with van der Waals surface area (Å²) >= 11 is 1.46. The normalized spacial score (nSPS) is 9.70. The van der Waals surface area contributed by atoms with Crippen molar-refractivity contribution in [1.29, 1.82) is 5.41 Å². The lowest BCUT2D eigenvalue weighted by Crippen LogP contribution is -2.11. The lowest BCUT2D eigenvalue weighted by Gasteiger charge is -1.90. The molecule has 0 aliphatic heterocycles. The second-order valence-corrected chi connectivity index (χ2v) is 2.44. The molecule has 3 N–H and O–H groups in total. The topological polar surface area (TPSA) is 67.7 Å². The highest BCUT2D eigenvalue weighted by atomic mass is 32.2. The molecular weight excluding hydrogens is 148 g/mol. The predicted molar refractivity (Wildman–Crippen MR) is 42.2 cm³/mol. The summed E-state index contributed by atoms with van der Waals surface area (Å²) in [6, 6.07) is 1.71. The SMILES string of the molecule is CSn1ccc(C(=N)N)n1. The Labute approximate surface area is 63.1 Å². The van der Waals surface area contributed by atoms with Crippen molar-refractivity contribution >= 4 is 17.8 Å². The van der Waals surface area contributed by atoms with E-state index in [1.165, 1.54) is 11.9 Å². The zero-order valence-electron chi connectivity index (χ0n) is 5.53. The first-order valence-corrected chi connectivity index (χ1v) is 3.86. The van der Waals surface area contributed by atoms with E-state index in [1.54, 1.807) is 16.4 Å². The number of amidine groups is 1. The Morgan fingerprint density at radius 1 is 1.90 bits per heavy atom. The van der Waals surface area contributed by atoms with Gasteiger partial charge in [0.25, 0.3) is 0 Å². The van der Waals surface area contributed by atoms with Gasteiger partial charge in [0.2, 0.25) is 0 Å². The van der Waals surface area contributed by atoms with Gasteiger partial charge in [0.1, 0.15) is 11.5 Å². The highest BCUT2D eigenvalue weighted by molar-refractivity contribution is 7.97. The molecule has 0 unspecified atom stereocenters. The number of hydrogen-bond acceptors (Lipinski definition) is 3. The molecule has 1 rings (SSSR count). The zero-order chi connectivity index (χ0) is 7.56. The molecule has 4 nitrogen and oxygen atoms in total. The smallest absolute Gasteiger partial charge is 0.143 e. The van der Waals surface area contributed by atoms with E-state index in [4.69, 9.17) is 11.1 Å². The predicted octanol–water partition coefficient (Wildman–Crippen LogP) is 0.293. The van der Waals surface area contributed by atoms with Gasteiger partial charge in [-0.15, -0.1) is 0 Å². The van der Waals surface area contributed by atoms with Crippen molar-refractivity contribution in [2.45, 2.75) is 0 Å². The van der Waals surface area contributed by atoms with Crippen molar-refractivity contribution < 1.29 is 0 Å². The maximum Gasteiger partial charge on any atom is 0.143 e. The van der Waals surface area contributed by atoms with Gasteiger partial charge < -0.3 is 5.73 Å². The molecule has 1 aromatic heterocycles. The molecule has 0 spiro atoms. The summed E-state index contributed by atoms with van der Waals surface area (Å²) in [6.45, 7) is 0. The standard InChI is InChI=1S/C5H8N4S/c1-10-9-3-2-4(8-9)5(6)7/h2-3H,1H3,(H3,6,7). The van der Waals surface area contributed by atoms with Crippen molar-refractivity contribution in [1.82, 2.24) is 9.19 Å². The second-order valence-electron chi connectivity index (χ2n) is 1.70. The van der Waals surface area contributed by atoms with Crippen LogP contribution in [-0.4, -0.2) is 21.3 Å². The van der Waals surface area contributed by atoms with Crippen molar-refractivity contribution in [2.24, 2.45) is 5.73 Å². The molecule has 0 aromatic carbocycles. The van der Waals surface area contributed by atoms with Gasteiger partial charge in [0.05, 0.1) is 0 Å². The molecule has 1 heterocycles. The van der Waals surface area contributed by atoms with Crippen LogP contribution in [0.3, 0.4) is 0 Å². The highest BCUT2D eigenvalue weighted by Crippen LogP contribution is 2.00. The van der Waals surface area contributed by atoms with Gasteiger partial charge in [-0.3, -0.25) is 5.41 Å². The van der Waals surface area contributed by atoms with Crippen molar-refractivity contribution in [3.05, 3.63) is 18.0 Å². The Kier molecular flexibility index (Phi) is 1.96. The Balaban J connectivity index is 2.88. The number of aromatic nitrogens is 2. The molecule has 0 aliphatic rings. The van der Waals surface area contributed by atoms with Gasteiger partial charge in [-0.05, 0) is 18.0 Å². The number of hydrogen-bond donors (Lipinski definition) is 2. The third-order valence-corrected chi connectivity index (χ3v) is 1.61. The molecule has 0 atom stereocenters. The Morgan fingerprint density at radius 3 is 2.90 bits per heavy atom. The molecule has 0 aliphatic carbocycles. The number of nitrogens with zero attached hydrogens (tertiary/aromatic N) is 2. The lowest BCUT2D eigenvalue weighted by atomic mass is 10.4. The van der Waals surface area contributed by atoms with Gasteiger partial charge >= 0.3 is 0 Å². The summed E-state index contributed by atoms with van der Waals surface area (Å²) in [6.07, 6.45) is 3.66. The fourth-order valence-corrected chi connectivity index (χ4v) is 0.905. The monoisotopic (exact) mass is 156 g/mol.